The third-order valence-corrected chi connectivity index (χ3v) is 2.72. The highest BCUT2D eigenvalue weighted by atomic mass is 16.3. The van der Waals surface area contributed by atoms with E-state index < -0.39 is 17.6 Å². The van der Waals surface area contributed by atoms with Crippen molar-refractivity contribution in [3.8, 4) is 0 Å². The number of benzene rings is 1. The lowest BCUT2D eigenvalue weighted by Gasteiger charge is -2.15. The summed E-state index contributed by atoms with van der Waals surface area (Å²) in [6, 6.07) is 9.15. The van der Waals surface area contributed by atoms with Crippen molar-refractivity contribution >= 4 is 5.91 Å². The molecule has 0 bridgehead atoms. The molecule has 0 saturated carbocycles. The normalized spacial score (nSPS) is 12.1. The lowest BCUT2D eigenvalue weighted by atomic mass is 10.1. The third kappa shape index (κ3) is 3.56. The fraction of sp³-hybridized carbons (Fsp3) is 0.231. The third-order valence-electron chi connectivity index (χ3n) is 2.72. The number of carbonyl (C=O) groups excluding carboxylic acids is 1. The zero-order valence-corrected chi connectivity index (χ0v) is 10.2. The predicted octanol–water partition coefficient (Wildman–Crippen LogP) is 0.0364. The van der Waals surface area contributed by atoms with Gasteiger partial charge in [0.25, 0.3) is 5.91 Å². The Balaban J connectivity index is 1.99. The molecule has 2 rings (SSSR count). The Hall–Kier alpha value is -2.34. The largest absolute Gasteiger partial charge is 0.394 e. The first kappa shape index (κ1) is 13.1. The second-order valence-corrected chi connectivity index (χ2v) is 4.20. The van der Waals surface area contributed by atoms with Crippen LogP contribution >= 0.6 is 0 Å². The Bertz CT molecular complexity index is 588. The van der Waals surface area contributed by atoms with Gasteiger partial charge in [-0.1, -0.05) is 30.3 Å². The average molecular weight is 261 g/mol. The lowest BCUT2D eigenvalue weighted by molar-refractivity contribution is 0.0912. The Morgan fingerprint density at radius 1 is 1.32 bits per heavy atom. The minimum atomic E-state index is -0.436. The number of nitrogens with one attached hydrogen (secondary N) is 3. The summed E-state index contributed by atoms with van der Waals surface area (Å²) in [5.74, 6) is -0.423. The molecular weight excluding hydrogens is 246 g/mol. The molecule has 0 aliphatic carbocycles. The molecule has 1 amide bonds. The van der Waals surface area contributed by atoms with Crippen molar-refractivity contribution in [2.75, 3.05) is 6.61 Å². The van der Waals surface area contributed by atoms with Crippen molar-refractivity contribution in [2.24, 2.45) is 0 Å². The molecule has 0 fully saturated rings. The SMILES string of the molecule is O=C(N[C@H](CO)Cc1ccccc1)c1c[nH]c(=O)[nH]1. The van der Waals surface area contributed by atoms with Crippen molar-refractivity contribution in [2.45, 2.75) is 12.5 Å². The molecule has 0 aliphatic heterocycles. The van der Waals surface area contributed by atoms with Crippen LogP contribution in [0.3, 0.4) is 0 Å². The van der Waals surface area contributed by atoms with E-state index in [-0.39, 0.29) is 12.3 Å². The van der Waals surface area contributed by atoms with Gasteiger partial charge in [-0.25, -0.2) is 4.79 Å². The van der Waals surface area contributed by atoms with Gasteiger partial charge in [0.2, 0.25) is 0 Å². The second-order valence-electron chi connectivity index (χ2n) is 4.20. The Morgan fingerprint density at radius 3 is 2.63 bits per heavy atom. The number of rotatable bonds is 5. The molecule has 0 aliphatic rings. The van der Waals surface area contributed by atoms with Crippen molar-refractivity contribution in [3.63, 3.8) is 0 Å². The maximum Gasteiger partial charge on any atom is 0.323 e. The fourth-order valence-electron chi connectivity index (χ4n) is 1.78. The first-order valence-electron chi connectivity index (χ1n) is 5.92. The van der Waals surface area contributed by atoms with Gasteiger partial charge in [0.1, 0.15) is 5.69 Å². The highest BCUT2D eigenvalue weighted by molar-refractivity contribution is 5.92. The predicted molar refractivity (Wildman–Crippen MR) is 69.9 cm³/mol. The molecular formula is C13H15N3O3. The van der Waals surface area contributed by atoms with Gasteiger partial charge in [-0.15, -0.1) is 0 Å². The summed E-state index contributed by atoms with van der Waals surface area (Å²) in [4.78, 5) is 27.4. The van der Waals surface area contributed by atoms with Gasteiger partial charge in [-0.2, -0.15) is 0 Å². The molecule has 19 heavy (non-hydrogen) atoms. The van der Waals surface area contributed by atoms with E-state index in [1.54, 1.807) is 0 Å². The van der Waals surface area contributed by atoms with Gasteiger partial charge in [0.05, 0.1) is 12.6 Å². The van der Waals surface area contributed by atoms with E-state index in [0.717, 1.165) is 5.56 Å². The van der Waals surface area contributed by atoms with Crippen molar-refractivity contribution < 1.29 is 9.90 Å². The number of H-pyrrole nitrogens is 2. The summed E-state index contributed by atoms with van der Waals surface area (Å²) in [6.45, 7) is -0.171. The molecule has 4 N–H and O–H groups in total. The molecule has 1 atom stereocenters. The molecule has 6 nitrogen and oxygen atoms in total. The minimum Gasteiger partial charge on any atom is -0.394 e. The first-order chi connectivity index (χ1) is 9.19. The van der Waals surface area contributed by atoms with Crippen LogP contribution < -0.4 is 11.0 Å². The zero-order valence-electron chi connectivity index (χ0n) is 10.2. The van der Waals surface area contributed by atoms with Crippen molar-refractivity contribution in [3.05, 3.63) is 58.3 Å². The summed E-state index contributed by atoms with van der Waals surface area (Å²) in [5.41, 5.74) is 0.731. The van der Waals surface area contributed by atoms with Crippen LogP contribution in [0.15, 0.2) is 41.3 Å². The Labute approximate surface area is 109 Å². The van der Waals surface area contributed by atoms with E-state index in [0.29, 0.717) is 6.42 Å². The van der Waals surface area contributed by atoms with E-state index in [4.69, 9.17) is 0 Å². The van der Waals surface area contributed by atoms with Gasteiger partial charge in [-0.05, 0) is 12.0 Å². The average Bonchev–Trinajstić information content (AvgIpc) is 2.86. The monoisotopic (exact) mass is 261 g/mol. The number of amides is 1. The number of imidazole rings is 1. The molecule has 1 aromatic heterocycles. The Morgan fingerprint density at radius 2 is 2.05 bits per heavy atom. The molecule has 1 heterocycles. The Kier molecular flexibility index (Phi) is 4.15. The quantitative estimate of drug-likeness (QED) is 0.611. The molecule has 0 unspecified atom stereocenters. The molecule has 100 valence electrons. The summed E-state index contributed by atoms with van der Waals surface area (Å²) in [5, 5.41) is 12.0. The number of aliphatic hydroxyl groups is 1. The van der Waals surface area contributed by atoms with Crippen LogP contribution in [-0.2, 0) is 6.42 Å². The molecule has 6 heteroatoms. The summed E-state index contributed by atoms with van der Waals surface area (Å²) in [7, 11) is 0. The van der Waals surface area contributed by atoms with E-state index in [9.17, 15) is 14.7 Å². The summed E-state index contributed by atoms with van der Waals surface area (Å²) >= 11 is 0. The number of aromatic nitrogens is 2. The van der Waals surface area contributed by atoms with Crippen LogP contribution in [-0.4, -0.2) is 33.6 Å². The van der Waals surface area contributed by atoms with E-state index in [1.807, 2.05) is 30.3 Å². The van der Waals surface area contributed by atoms with Crippen LogP contribution in [0.4, 0.5) is 0 Å². The number of aromatic amines is 2. The number of hydrogen-bond acceptors (Lipinski definition) is 3. The zero-order chi connectivity index (χ0) is 13.7. The first-order valence-corrected chi connectivity index (χ1v) is 5.92. The molecule has 2 aromatic rings. The van der Waals surface area contributed by atoms with Crippen LogP contribution in [0.2, 0.25) is 0 Å². The highest BCUT2D eigenvalue weighted by Gasteiger charge is 2.14. The number of carbonyl (C=O) groups is 1. The van der Waals surface area contributed by atoms with Crippen LogP contribution in [0.1, 0.15) is 16.1 Å². The lowest BCUT2D eigenvalue weighted by Crippen LogP contribution is -2.39. The van der Waals surface area contributed by atoms with Crippen LogP contribution in [0.5, 0.6) is 0 Å². The highest BCUT2D eigenvalue weighted by Crippen LogP contribution is 2.03. The minimum absolute atomic E-state index is 0.150. The van der Waals surface area contributed by atoms with Crippen LogP contribution in [0.25, 0.3) is 0 Å². The molecule has 1 aromatic carbocycles. The van der Waals surface area contributed by atoms with Gasteiger partial charge >= 0.3 is 5.69 Å². The van der Waals surface area contributed by atoms with Gasteiger partial charge in [0, 0.05) is 6.20 Å². The van der Waals surface area contributed by atoms with E-state index >= 15 is 0 Å². The van der Waals surface area contributed by atoms with Crippen molar-refractivity contribution in [1.29, 1.82) is 0 Å². The number of hydrogen-bond donors (Lipinski definition) is 4. The van der Waals surface area contributed by atoms with E-state index in [2.05, 4.69) is 15.3 Å². The standard InChI is InChI=1S/C13H15N3O3/c17-8-10(6-9-4-2-1-3-5-9)15-12(18)11-7-14-13(19)16-11/h1-5,7,10,17H,6,8H2,(H,15,18)(H2,14,16,19)/t10-/m0/s1. The van der Waals surface area contributed by atoms with Crippen molar-refractivity contribution in [1.82, 2.24) is 15.3 Å². The van der Waals surface area contributed by atoms with Gasteiger partial charge < -0.3 is 20.4 Å². The molecule has 0 spiro atoms. The maximum atomic E-state index is 11.8. The summed E-state index contributed by atoms with van der Waals surface area (Å²) in [6.07, 6.45) is 1.83. The molecule has 0 radical (unpaired) electrons. The molecule has 0 saturated heterocycles. The summed E-state index contributed by atoms with van der Waals surface area (Å²) < 4.78 is 0. The van der Waals surface area contributed by atoms with Gasteiger partial charge in [-0.3, -0.25) is 4.79 Å². The van der Waals surface area contributed by atoms with Gasteiger partial charge in [0.15, 0.2) is 0 Å². The van der Waals surface area contributed by atoms with E-state index in [1.165, 1.54) is 6.20 Å². The topological polar surface area (TPSA) is 98.0 Å². The maximum absolute atomic E-state index is 11.8. The smallest absolute Gasteiger partial charge is 0.323 e. The van der Waals surface area contributed by atoms with Crippen LogP contribution in [0, 0.1) is 0 Å². The number of aliphatic hydroxyl groups excluding tert-OH is 1. The second kappa shape index (κ2) is 6.01. The fourth-order valence-corrected chi connectivity index (χ4v) is 1.78.